The first-order chi connectivity index (χ1) is 8.29. The summed E-state index contributed by atoms with van der Waals surface area (Å²) in [6.07, 6.45) is 1.65. The van der Waals surface area contributed by atoms with Crippen LogP contribution in [0.2, 0.25) is 0 Å². The van der Waals surface area contributed by atoms with Crippen LogP contribution in [0.15, 0.2) is 42.6 Å². The second-order valence-corrected chi connectivity index (χ2v) is 3.53. The van der Waals surface area contributed by atoms with Gasteiger partial charge in [-0.2, -0.15) is 0 Å². The molecule has 1 N–H and O–H groups in total. The van der Waals surface area contributed by atoms with E-state index in [9.17, 15) is 4.39 Å². The molecule has 3 nitrogen and oxygen atoms in total. The summed E-state index contributed by atoms with van der Waals surface area (Å²) in [6, 6.07) is 10.3. The molecule has 1 heterocycles. The molecule has 2 rings (SSSR count). The van der Waals surface area contributed by atoms with Gasteiger partial charge in [-0.3, -0.25) is 0 Å². The van der Waals surface area contributed by atoms with E-state index in [1.54, 1.807) is 31.5 Å². The molecule has 88 valence electrons. The lowest BCUT2D eigenvalue weighted by molar-refractivity contribution is 0.398. The van der Waals surface area contributed by atoms with Gasteiger partial charge in [0, 0.05) is 18.2 Å². The van der Waals surface area contributed by atoms with Crippen molar-refractivity contribution in [2.24, 2.45) is 0 Å². The molecule has 0 spiro atoms. The molecule has 0 aliphatic rings. The molecule has 0 bridgehead atoms. The van der Waals surface area contributed by atoms with E-state index in [2.05, 4.69) is 10.3 Å². The van der Waals surface area contributed by atoms with Gasteiger partial charge in [0.1, 0.15) is 5.82 Å². The van der Waals surface area contributed by atoms with E-state index in [1.165, 1.54) is 6.07 Å². The Kier molecular flexibility index (Phi) is 3.55. The number of aromatic nitrogens is 1. The van der Waals surface area contributed by atoms with Crippen molar-refractivity contribution >= 4 is 5.69 Å². The van der Waals surface area contributed by atoms with E-state index in [1.807, 2.05) is 12.1 Å². The van der Waals surface area contributed by atoms with Gasteiger partial charge >= 0.3 is 0 Å². The largest absolute Gasteiger partial charge is 0.481 e. The van der Waals surface area contributed by atoms with Crippen LogP contribution in [0.4, 0.5) is 10.1 Å². The highest BCUT2D eigenvalue weighted by molar-refractivity contribution is 5.42. The Bertz CT molecular complexity index is 485. The van der Waals surface area contributed by atoms with Gasteiger partial charge in [0.2, 0.25) is 5.88 Å². The summed E-state index contributed by atoms with van der Waals surface area (Å²) in [6.45, 7) is 0.431. The molecule has 1 aromatic carbocycles. The van der Waals surface area contributed by atoms with Crippen LogP contribution < -0.4 is 10.1 Å². The van der Waals surface area contributed by atoms with Gasteiger partial charge in [0.15, 0.2) is 0 Å². The highest BCUT2D eigenvalue weighted by Crippen LogP contribution is 2.13. The maximum absolute atomic E-state index is 13.3. The molecule has 0 aliphatic heterocycles. The Morgan fingerprint density at radius 1 is 1.24 bits per heavy atom. The summed E-state index contributed by atoms with van der Waals surface area (Å²) >= 11 is 0. The van der Waals surface area contributed by atoms with Crippen LogP contribution in [0.1, 0.15) is 5.56 Å². The minimum Gasteiger partial charge on any atom is -0.481 e. The van der Waals surface area contributed by atoms with E-state index >= 15 is 0 Å². The molecule has 0 atom stereocenters. The summed E-state index contributed by atoms with van der Waals surface area (Å²) in [4.78, 5) is 4.05. The molecule has 0 radical (unpaired) electrons. The van der Waals surface area contributed by atoms with Crippen molar-refractivity contribution in [3.63, 3.8) is 0 Å². The molecule has 0 amide bonds. The fourth-order valence-corrected chi connectivity index (χ4v) is 1.44. The number of methoxy groups -OCH3 is 1. The summed E-state index contributed by atoms with van der Waals surface area (Å²) in [5.41, 5.74) is 1.46. The predicted octanol–water partition coefficient (Wildman–Crippen LogP) is 2.84. The standard InChI is InChI=1S/C13H13FN2O/c1-17-13-7-6-11(9-16-13)15-8-10-4-2-3-5-12(10)14/h2-7,9,15H,8H2,1H3. The Morgan fingerprint density at radius 2 is 2.06 bits per heavy atom. The average molecular weight is 232 g/mol. The van der Waals surface area contributed by atoms with Crippen LogP contribution in [0.5, 0.6) is 5.88 Å². The van der Waals surface area contributed by atoms with E-state index in [0.717, 1.165) is 5.69 Å². The summed E-state index contributed by atoms with van der Waals surface area (Å²) in [5, 5.41) is 3.10. The minimum atomic E-state index is -0.207. The first kappa shape index (κ1) is 11.4. The van der Waals surface area contributed by atoms with Crippen molar-refractivity contribution in [3.05, 3.63) is 54.0 Å². The zero-order chi connectivity index (χ0) is 12.1. The van der Waals surface area contributed by atoms with Crippen LogP contribution in [0.3, 0.4) is 0 Å². The van der Waals surface area contributed by atoms with E-state index < -0.39 is 0 Å². The van der Waals surface area contributed by atoms with Crippen LogP contribution in [-0.2, 0) is 6.54 Å². The van der Waals surface area contributed by atoms with Crippen LogP contribution in [0.25, 0.3) is 0 Å². The number of benzene rings is 1. The fourth-order valence-electron chi connectivity index (χ4n) is 1.44. The van der Waals surface area contributed by atoms with Crippen LogP contribution >= 0.6 is 0 Å². The molecule has 0 saturated heterocycles. The van der Waals surface area contributed by atoms with Crippen molar-refractivity contribution in [1.29, 1.82) is 0 Å². The monoisotopic (exact) mass is 232 g/mol. The Morgan fingerprint density at radius 3 is 2.71 bits per heavy atom. The topological polar surface area (TPSA) is 34.1 Å². The van der Waals surface area contributed by atoms with Gasteiger partial charge in [-0.1, -0.05) is 18.2 Å². The SMILES string of the molecule is COc1ccc(NCc2ccccc2F)cn1. The lowest BCUT2D eigenvalue weighted by Crippen LogP contribution is -2.02. The third-order valence-electron chi connectivity index (χ3n) is 2.39. The third-order valence-corrected chi connectivity index (χ3v) is 2.39. The van der Waals surface area contributed by atoms with E-state index in [4.69, 9.17) is 4.74 Å². The average Bonchev–Trinajstić information content (AvgIpc) is 2.38. The number of hydrogen-bond acceptors (Lipinski definition) is 3. The molecule has 0 unspecified atom stereocenters. The first-order valence-corrected chi connectivity index (χ1v) is 5.27. The quantitative estimate of drug-likeness (QED) is 0.880. The van der Waals surface area contributed by atoms with Gasteiger partial charge in [-0.05, 0) is 12.1 Å². The molecule has 17 heavy (non-hydrogen) atoms. The van der Waals surface area contributed by atoms with Crippen molar-refractivity contribution < 1.29 is 9.13 Å². The van der Waals surface area contributed by atoms with Gasteiger partial charge in [-0.15, -0.1) is 0 Å². The van der Waals surface area contributed by atoms with Crippen LogP contribution in [-0.4, -0.2) is 12.1 Å². The lowest BCUT2D eigenvalue weighted by atomic mass is 10.2. The molecule has 1 aromatic heterocycles. The van der Waals surface area contributed by atoms with Gasteiger partial charge < -0.3 is 10.1 Å². The zero-order valence-corrected chi connectivity index (χ0v) is 9.48. The minimum absolute atomic E-state index is 0.207. The number of rotatable bonds is 4. The maximum Gasteiger partial charge on any atom is 0.213 e. The van der Waals surface area contributed by atoms with Crippen molar-refractivity contribution in [2.75, 3.05) is 12.4 Å². The van der Waals surface area contributed by atoms with Gasteiger partial charge in [0.05, 0.1) is 19.0 Å². The Hall–Kier alpha value is -2.10. The Balaban J connectivity index is 2.00. The van der Waals surface area contributed by atoms with Gasteiger partial charge in [-0.25, -0.2) is 9.37 Å². The molecule has 0 fully saturated rings. The smallest absolute Gasteiger partial charge is 0.213 e. The first-order valence-electron chi connectivity index (χ1n) is 5.27. The van der Waals surface area contributed by atoms with E-state index in [0.29, 0.717) is 18.0 Å². The molecular weight excluding hydrogens is 219 g/mol. The number of nitrogens with zero attached hydrogens (tertiary/aromatic N) is 1. The zero-order valence-electron chi connectivity index (χ0n) is 9.48. The van der Waals surface area contributed by atoms with Crippen molar-refractivity contribution in [3.8, 4) is 5.88 Å². The van der Waals surface area contributed by atoms with Crippen LogP contribution in [0, 0.1) is 5.82 Å². The predicted molar refractivity (Wildman–Crippen MR) is 64.5 cm³/mol. The summed E-state index contributed by atoms with van der Waals surface area (Å²) < 4.78 is 18.3. The summed E-state index contributed by atoms with van der Waals surface area (Å²) in [5.74, 6) is 0.350. The van der Waals surface area contributed by atoms with Gasteiger partial charge in [0.25, 0.3) is 0 Å². The molecular formula is C13H13FN2O. The summed E-state index contributed by atoms with van der Waals surface area (Å²) in [7, 11) is 1.56. The highest BCUT2D eigenvalue weighted by Gasteiger charge is 2.00. The van der Waals surface area contributed by atoms with Crippen molar-refractivity contribution in [1.82, 2.24) is 4.98 Å². The normalized spacial score (nSPS) is 10.0. The second-order valence-electron chi connectivity index (χ2n) is 3.53. The van der Waals surface area contributed by atoms with E-state index in [-0.39, 0.29) is 5.82 Å². The highest BCUT2D eigenvalue weighted by atomic mass is 19.1. The molecule has 4 heteroatoms. The molecule has 0 aliphatic carbocycles. The molecule has 2 aromatic rings. The van der Waals surface area contributed by atoms with Crippen molar-refractivity contribution in [2.45, 2.75) is 6.54 Å². The molecule has 0 saturated carbocycles. The maximum atomic E-state index is 13.3. The third kappa shape index (κ3) is 2.93. The Labute approximate surface area is 99.3 Å². The number of ether oxygens (including phenoxy) is 1. The number of halogens is 1. The second kappa shape index (κ2) is 5.30. The number of pyridine rings is 1. The number of nitrogens with one attached hydrogen (secondary N) is 1. The number of anilines is 1. The fraction of sp³-hybridized carbons (Fsp3) is 0.154. The lowest BCUT2D eigenvalue weighted by Gasteiger charge is -2.07. The number of hydrogen-bond donors (Lipinski definition) is 1.